The SMILES string of the molecule is NC(=O)/C(=C\c1ccc(C(F)(F)F)cc1)n1nnc2ccccc21. The first-order valence-electron chi connectivity index (χ1n) is 6.86. The molecule has 1 aromatic heterocycles. The molecule has 3 aromatic rings. The number of carbonyl (C=O) groups excluding carboxylic acids is 1. The third kappa shape index (κ3) is 2.98. The highest BCUT2D eigenvalue weighted by Gasteiger charge is 2.29. The molecule has 1 amide bonds. The first-order valence-corrected chi connectivity index (χ1v) is 6.86. The van der Waals surface area contributed by atoms with Crippen LogP contribution in [0.2, 0.25) is 0 Å². The maximum Gasteiger partial charge on any atom is 0.416 e. The monoisotopic (exact) mass is 332 g/mol. The molecule has 24 heavy (non-hydrogen) atoms. The molecule has 3 rings (SSSR count). The molecular weight excluding hydrogens is 321 g/mol. The number of nitrogens with zero attached hydrogens (tertiary/aromatic N) is 3. The number of primary amides is 1. The molecular formula is C16H11F3N4O. The molecule has 0 radical (unpaired) electrons. The van der Waals surface area contributed by atoms with Crippen LogP contribution in [0.25, 0.3) is 22.8 Å². The number of fused-ring (bicyclic) bond motifs is 1. The number of halogens is 3. The van der Waals surface area contributed by atoms with Gasteiger partial charge in [0.25, 0.3) is 5.91 Å². The van der Waals surface area contributed by atoms with Gasteiger partial charge in [-0.1, -0.05) is 29.5 Å². The number of carbonyl (C=O) groups is 1. The van der Waals surface area contributed by atoms with Gasteiger partial charge in [0, 0.05) is 0 Å². The number of benzene rings is 2. The first kappa shape index (κ1) is 15.7. The Bertz CT molecular complexity index is 926. The minimum Gasteiger partial charge on any atom is -0.364 e. The van der Waals surface area contributed by atoms with E-state index in [4.69, 9.17) is 5.73 Å². The molecule has 2 aromatic carbocycles. The molecule has 8 heteroatoms. The molecule has 0 aliphatic carbocycles. The van der Waals surface area contributed by atoms with Gasteiger partial charge in [-0.2, -0.15) is 13.2 Å². The molecule has 0 saturated carbocycles. The van der Waals surface area contributed by atoms with Gasteiger partial charge in [0.05, 0.1) is 11.1 Å². The highest BCUT2D eigenvalue weighted by molar-refractivity contribution is 6.18. The van der Waals surface area contributed by atoms with Gasteiger partial charge < -0.3 is 5.73 Å². The predicted octanol–water partition coefficient (Wildman–Crippen LogP) is 2.93. The molecule has 5 nitrogen and oxygen atoms in total. The van der Waals surface area contributed by atoms with E-state index in [2.05, 4.69) is 10.3 Å². The summed E-state index contributed by atoms with van der Waals surface area (Å²) >= 11 is 0. The minimum atomic E-state index is -4.42. The van der Waals surface area contributed by atoms with E-state index in [1.807, 2.05) is 0 Å². The summed E-state index contributed by atoms with van der Waals surface area (Å²) in [5, 5.41) is 7.81. The summed E-state index contributed by atoms with van der Waals surface area (Å²) in [6.07, 6.45) is -3.06. The van der Waals surface area contributed by atoms with Crippen LogP contribution in [0.5, 0.6) is 0 Å². The zero-order valence-electron chi connectivity index (χ0n) is 12.2. The van der Waals surface area contributed by atoms with Crippen molar-refractivity contribution >= 4 is 28.7 Å². The van der Waals surface area contributed by atoms with Crippen LogP contribution in [0.15, 0.2) is 48.5 Å². The standard InChI is InChI=1S/C16H11F3N4O/c17-16(18,19)11-7-5-10(6-8-11)9-14(15(20)24)23-13-4-2-1-3-12(13)21-22-23/h1-9H,(H2,20,24)/b14-9+. The molecule has 0 saturated heterocycles. The number of para-hydroxylation sites is 1. The van der Waals surface area contributed by atoms with Crippen LogP contribution >= 0.6 is 0 Å². The van der Waals surface area contributed by atoms with Gasteiger partial charge in [-0.15, -0.1) is 5.10 Å². The van der Waals surface area contributed by atoms with E-state index < -0.39 is 17.6 Å². The number of nitrogens with two attached hydrogens (primary N) is 1. The molecule has 122 valence electrons. The van der Waals surface area contributed by atoms with Gasteiger partial charge in [-0.25, -0.2) is 4.68 Å². The molecule has 0 aliphatic heterocycles. The zero-order valence-corrected chi connectivity index (χ0v) is 12.2. The molecule has 0 aliphatic rings. The number of hydrogen-bond acceptors (Lipinski definition) is 3. The molecule has 0 fully saturated rings. The lowest BCUT2D eigenvalue weighted by Crippen LogP contribution is -2.18. The normalized spacial score (nSPS) is 12.5. The van der Waals surface area contributed by atoms with Crippen molar-refractivity contribution in [3.63, 3.8) is 0 Å². The number of aromatic nitrogens is 3. The summed E-state index contributed by atoms with van der Waals surface area (Å²) < 4.78 is 39.0. The second-order valence-corrected chi connectivity index (χ2v) is 5.00. The van der Waals surface area contributed by atoms with Gasteiger partial charge in [-0.3, -0.25) is 4.79 Å². The van der Waals surface area contributed by atoms with Crippen LogP contribution in [0.3, 0.4) is 0 Å². The van der Waals surface area contributed by atoms with Crippen LogP contribution in [-0.2, 0) is 11.0 Å². The fourth-order valence-corrected chi connectivity index (χ4v) is 2.21. The van der Waals surface area contributed by atoms with E-state index in [0.717, 1.165) is 12.1 Å². The number of amides is 1. The Morgan fingerprint density at radius 1 is 1.08 bits per heavy atom. The highest BCUT2D eigenvalue weighted by Crippen LogP contribution is 2.29. The molecule has 0 unspecified atom stereocenters. The predicted molar refractivity (Wildman–Crippen MR) is 82.3 cm³/mol. The number of hydrogen-bond donors (Lipinski definition) is 1. The highest BCUT2D eigenvalue weighted by atomic mass is 19.4. The average Bonchev–Trinajstić information content (AvgIpc) is 2.96. The number of rotatable bonds is 3. The van der Waals surface area contributed by atoms with Crippen molar-refractivity contribution in [3.8, 4) is 0 Å². The summed E-state index contributed by atoms with van der Waals surface area (Å²) in [6, 6.07) is 11.3. The lowest BCUT2D eigenvalue weighted by atomic mass is 10.1. The van der Waals surface area contributed by atoms with Gasteiger partial charge in [0.2, 0.25) is 0 Å². The zero-order chi connectivity index (χ0) is 17.3. The minimum absolute atomic E-state index is 0.00320. The van der Waals surface area contributed by atoms with E-state index in [1.165, 1.54) is 22.9 Å². The van der Waals surface area contributed by atoms with Crippen molar-refractivity contribution in [3.05, 3.63) is 59.7 Å². The molecule has 1 heterocycles. The molecule has 0 bridgehead atoms. The fourth-order valence-electron chi connectivity index (χ4n) is 2.21. The summed E-state index contributed by atoms with van der Waals surface area (Å²) in [5.41, 5.74) is 6.14. The van der Waals surface area contributed by atoms with E-state index in [1.54, 1.807) is 24.3 Å². The first-order chi connectivity index (χ1) is 11.4. The summed E-state index contributed by atoms with van der Waals surface area (Å²) in [7, 11) is 0. The van der Waals surface area contributed by atoms with Gasteiger partial charge in [0.1, 0.15) is 11.2 Å². The van der Waals surface area contributed by atoms with Crippen molar-refractivity contribution < 1.29 is 18.0 Å². The maximum atomic E-state index is 12.6. The third-order valence-electron chi connectivity index (χ3n) is 3.37. The Labute approximate surface area is 134 Å². The van der Waals surface area contributed by atoms with Crippen LogP contribution in [0.1, 0.15) is 11.1 Å². The second-order valence-electron chi connectivity index (χ2n) is 5.00. The van der Waals surface area contributed by atoms with Crippen LogP contribution in [-0.4, -0.2) is 20.9 Å². The average molecular weight is 332 g/mol. The summed E-state index contributed by atoms with van der Waals surface area (Å²) in [4.78, 5) is 11.8. The summed E-state index contributed by atoms with van der Waals surface area (Å²) in [5.74, 6) is -0.773. The van der Waals surface area contributed by atoms with Crippen molar-refractivity contribution in [1.29, 1.82) is 0 Å². The third-order valence-corrected chi connectivity index (χ3v) is 3.37. The van der Waals surface area contributed by atoms with Crippen LogP contribution in [0, 0.1) is 0 Å². The Balaban J connectivity index is 2.05. The van der Waals surface area contributed by atoms with E-state index in [-0.39, 0.29) is 5.70 Å². The topological polar surface area (TPSA) is 73.8 Å². The van der Waals surface area contributed by atoms with Crippen molar-refractivity contribution in [2.24, 2.45) is 5.73 Å². The Morgan fingerprint density at radius 2 is 1.75 bits per heavy atom. The lowest BCUT2D eigenvalue weighted by Gasteiger charge is -2.07. The Hall–Kier alpha value is -3.16. The molecule has 2 N–H and O–H groups in total. The molecule has 0 spiro atoms. The van der Waals surface area contributed by atoms with Crippen molar-refractivity contribution in [2.75, 3.05) is 0 Å². The van der Waals surface area contributed by atoms with E-state index in [0.29, 0.717) is 16.6 Å². The second kappa shape index (κ2) is 5.80. The van der Waals surface area contributed by atoms with Gasteiger partial charge in [0.15, 0.2) is 0 Å². The van der Waals surface area contributed by atoms with Crippen molar-refractivity contribution in [1.82, 2.24) is 15.0 Å². The smallest absolute Gasteiger partial charge is 0.364 e. The van der Waals surface area contributed by atoms with Crippen molar-refractivity contribution in [2.45, 2.75) is 6.18 Å². The number of alkyl halides is 3. The van der Waals surface area contributed by atoms with E-state index >= 15 is 0 Å². The Kier molecular flexibility index (Phi) is 3.80. The fraction of sp³-hybridized carbons (Fsp3) is 0.0625. The maximum absolute atomic E-state index is 12.6. The lowest BCUT2D eigenvalue weighted by molar-refractivity contribution is -0.137. The van der Waals surface area contributed by atoms with Crippen LogP contribution in [0.4, 0.5) is 13.2 Å². The quantitative estimate of drug-likeness (QED) is 0.750. The molecule has 0 atom stereocenters. The Morgan fingerprint density at radius 3 is 2.38 bits per heavy atom. The van der Waals surface area contributed by atoms with Crippen LogP contribution < -0.4 is 5.73 Å². The van der Waals surface area contributed by atoms with Gasteiger partial charge >= 0.3 is 6.18 Å². The summed E-state index contributed by atoms with van der Waals surface area (Å²) in [6.45, 7) is 0. The van der Waals surface area contributed by atoms with Gasteiger partial charge in [-0.05, 0) is 35.9 Å². The largest absolute Gasteiger partial charge is 0.416 e. The van der Waals surface area contributed by atoms with E-state index in [9.17, 15) is 18.0 Å².